The van der Waals surface area contributed by atoms with Gasteiger partial charge in [-0.25, -0.2) is 14.4 Å². The van der Waals surface area contributed by atoms with Gasteiger partial charge in [-0.1, -0.05) is 118 Å². The van der Waals surface area contributed by atoms with E-state index in [-0.39, 0.29) is 49.8 Å². The fourth-order valence-electron chi connectivity index (χ4n) is 11.1. The van der Waals surface area contributed by atoms with Crippen LogP contribution in [-0.2, 0) is 63.8 Å². The SMILES string of the molecule is CCC(C)[C@@H](OC(=O)[C@@H](N(C)C(=O)[C@H](CC(C)C)NC(=O)[C@H](C(C)C)N(C)C(=O)[C@@H](NC(=O)OC(C)(C)C)[C@H](C)CC)C(C)(C)O)C(=O)N(C)[C@H](C(=O)N[C@@H](Cc1ccc(O)cc1)C(=O)N(C)[C@H](C)C(=O)N1CCC[C@H]1C(=O)OCC(=O)c1ccccc1)C(C)C. The summed E-state index contributed by atoms with van der Waals surface area (Å²) in [4.78, 5) is 162. The molecule has 3 rings (SSSR count). The first-order valence-corrected chi connectivity index (χ1v) is 31.6. The van der Waals surface area contributed by atoms with Crippen LogP contribution in [-0.4, -0.2) is 207 Å². The van der Waals surface area contributed by atoms with Crippen LogP contribution in [0, 0.1) is 29.6 Å². The summed E-state index contributed by atoms with van der Waals surface area (Å²) in [6.45, 7) is 26.2. The molecule has 5 N–H and O–H groups in total. The van der Waals surface area contributed by atoms with Gasteiger partial charge >= 0.3 is 18.0 Å². The van der Waals surface area contributed by atoms with Crippen molar-refractivity contribution < 1.29 is 77.2 Å². The maximum absolute atomic E-state index is 15.0. The number of amides is 8. The number of ketones is 1. The predicted molar refractivity (Wildman–Crippen MR) is 341 cm³/mol. The number of benzene rings is 2. The average molecular weight is 1280 g/mol. The Labute approximate surface area is 538 Å². The summed E-state index contributed by atoms with van der Waals surface area (Å²) in [6, 6.07) is 3.93. The van der Waals surface area contributed by atoms with Crippen LogP contribution in [0.5, 0.6) is 5.75 Å². The van der Waals surface area contributed by atoms with Gasteiger partial charge in [0.2, 0.25) is 35.4 Å². The molecule has 11 atom stereocenters. The fraction of sp³-hybridized carbons (Fsp3) is 0.657. The zero-order valence-electron chi connectivity index (χ0n) is 57.3. The lowest BCUT2D eigenvalue weighted by Crippen LogP contribution is -2.63. The Hall–Kier alpha value is -7.63. The molecule has 2 aromatic carbocycles. The Morgan fingerprint density at radius 1 is 0.648 bits per heavy atom. The molecule has 0 aliphatic carbocycles. The third-order valence-corrected chi connectivity index (χ3v) is 16.6. The fourth-order valence-corrected chi connectivity index (χ4v) is 11.1. The standard InChI is InChI=1S/C67H104N8O16/c1-21-41(9)51(70-65(87)91-66(12,13)14)61(83)72(18)52(39(5)6)56(78)68-47(35-38(3)4)60(82)74(20)55(67(15,16)88)64(86)90-54(42(10)22-2)62(84)73(19)53(40(7)8)57(79)69-48(36-44-30-32-46(76)33-31-44)59(81)71(17)43(11)58(80)75-34-26-29-49(75)63(85)89-37-50(77)45-27-24-23-25-28-45/h23-25,27-28,30-33,38-43,47-49,51-55,76,88H,21-22,26,29,34-37H2,1-20H3,(H,68,78)(H,69,79)(H,70,87)/t41-,42?,43-,47+,48+,49+,51+,52+,53+,54-,55-/m1/s1. The van der Waals surface area contributed by atoms with Crippen LogP contribution in [0.15, 0.2) is 54.6 Å². The highest BCUT2D eigenvalue weighted by Crippen LogP contribution is 2.27. The quantitative estimate of drug-likeness (QED) is 0.0345. The summed E-state index contributed by atoms with van der Waals surface area (Å²) in [6.07, 6.45) is -1.05. The minimum atomic E-state index is -2.04. The van der Waals surface area contributed by atoms with E-state index in [4.69, 9.17) is 14.2 Å². The van der Waals surface area contributed by atoms with E-state index < -0.39 is 155 Å². The molecular weight excluding hydrogens is 1170 g/mol. The van der Waals surface area contributed by atoms with Crippen LogP contribution in [0.3, 0.4) is 0 Å². The Kier molecular flexibility index (Phi) is 29.1. The molecule has 508 valence electrons. The molecule has 91 heavy (non-hydrogen) atoms. The minimum Gasteiger partial charge on any atom is -0.508 e. The molecule has 24 heteroatoms. The Bertz CT molecular complexity index is 2830. The van der Waals surface area contributed by atoms with Crippen molar-refractivity contribution in [3.05, 3.63) is 65.7 Å². The van der Waals surface area contributed by atoms with Crippen LogP contribution < -0.4 is 16.0 Å². The molecule has 0 spiro atoms. The van der Waals surface area contributed by atoms with Gasteiger partial charge < -0.3 is 64.9 Å². The van der Waals surface area contributed by atoms with Crippen LogP contribution in [0.25, 0.3) is 0 Å². The number of hydrogen-bond acceptors (Lipinski definition) is 16. The first-order valence-electron chi connectivity index (χ1n) is 31.6. The van der Waals surface area contributed by atoms with Gasteiger partial charge in [-0.2, -0.15) is 0 Å². The lowest BCUT2D eigenvalue weighted by atomic mass is 9.93. The van der Waals surface area contributed by atoms with Crippen LogP contribution in [0.2, 0.25) is 0 Å². The van der Waals surface area contributed by atoms with Crippen molar-refractivity contribution in [2.24, 2.45) is 29.6 Å². The van der Waals surface area contributed by atoms with E-state index in [9.17, 15) is 63.0 Å². The lowest BCUT2D eigenvalue weighted by molar-refractivity contribution is -0.177. The van der Waals surface area contributed by atoms with Gasteiger partial charge in [0.15, 0.2) is 24.5 Å². The van der Waals surface area contributed by atoms with Gasteiger partial charge in [-0.15, -0.1) is 0 Å². The van der Waals surface area contributed by atoms with Gasteiger partial charge in [0.05, 0.1) is 5.60 Å². The zero-order chi connectivity index (χ0) is 69.3. The van der Waals surface area contributed by atoms with Crippen LogP contribution >= 0.6 is 0 Å². The molecule has 1 unspecified atom stereocenters. The number of phenolic OH excluding ortho intramolecular Hbond substituents is 1. The molecule has 8 amide bonds. The topological polar surface area (TPSA) is 308 Å². The monoisotopic (exact) mass is 1280 g/mol. The van der Waals surface area contributed by atoms with Crippen LogP contribution in [0.1, 0.15) is 159 Å². The van der Waals surface area contributed by atoms with E-state index in [0.717, 1.165) is 14.7 Å². The maximum Gasteiger partial charge on any atom is 0.408 e. The molecular formula is C67H104N8O16. The van der Waals surface area contributed by atoms with Gasteiger partial charge in [0, 0.05) is 52.6 Å². The number of phenols is 1. The molecule has 0 radical (unpaired) electrons. The molecule has 1 heterocycles. The molecule has 1 fully saturated rings. The lowest BCUT2D eigenvalue weighted by Gasteiger charge is -2.39. The Balaban J connectivity index is 1.94. The number of esters is 2. The molecule has 1 aliphatic rings. The summed E-state index contributed by atoms with van der Waals surface area (Å²) in [5, 5.41) is 30.2. The second-order valence-corrected chi connectivity index (χ2v) is 26.9. The van der Waals surface area contributed by atoms with Gasteiger partial charge in [-0.3, -0.25) is 38.4 Å². The summed E-state index contributed by atoms with van der Waals surface area (Å²) in [5.74, 6) is -9.92. The van der Waals surface area contributed by atoms with E-state index in [1.807, 2.05) is 20.8 Å². The maximum atomic E-state index is 15.0. The summed E-state index contributed by atoms with van der Waals surface area (Å²) < 4.78 is 16.9. The van der Waals surface area contributed by atoms with Crippen molar-refractivity contribution in [2.75, 3.05) is 41.3 Å². The predicted octanol–water partition coefficient (Wildman–Crippen LogP) is 5.68. The average Bonchev–Trinajstić information content (AvgIpc) is 1.23. The Morgan fingerprint density at radius 3 is 1.66 bits per heavy atom. The highest BCUT2D eigenvalue weighted by atomic mass is 16.6. The number of alkyl carbamates (subject to hydrolysis) is 1. The second kappa shape index (κ2) is 34.2. The molecule has 0 aromatic heterocycles. The van der Waals surface area contributed by atoms with Crippen LogP contribution in [0.4, 0.5) is 4.79 Å². The molecule has 0 saturated carbocycles. The number of carbonyl (C=O) groups is 11. The first kappa shape index (κ1) is 77.6. The number of nitrogens with zero attached hydrogens (tertiary/aromatic N) is 5. The van der Waals surface area contributed by atoms with E-state index >= 15 is 0 Å². The summed E-state index contributed by atoms with van der Waals surface area (Å²) in [5.41, 5.74) is -2.04. The smallest absolute Gasteiger partial charge is 0.408 e. The van der Waals surface area contributed by atoms with Gasteiger partial charge in [-0.05, 0) is 109 Å². The normalized spacial score (nSPS) is 16.7. The summed E-state index contributed by atoms with van der Waals surface area (Å²) in [7, 11) is 5.41. The largest absolute Gasteiger partial charge is 0.508 e. The van der Waals surface area contributed by atoms with E-state index in [0.29, 0.717) is 24.0 Å². The number of likely N-dealkylation sites (N-methyl/N-ethyl adjacent to an activating group) is 4. The highest BCUT2D eigenvalue weighted by molar-refractivity contribution is 6.00. The first-order chi connectivity index (χ1) is 42.2. The number of hydrogen-bond donors (Lipinski definition) is 5. The van der Waals surface area contributed by atoms with E-state index in [1.165, 1.54) is 70.9 Å². The number of aromatic hydroxyl groups is 1. The Morgan fingerprint density at radius 2 is 1.16 bits per heavy atom. The summed E-state index contributed by atoms with van der Waals surface area (Å²) >= 11 is 0. The van der Waals surface area contributed by atoms with Crippen molar-refractivity contribution >= 4 is 65.2 Å². The van der Waals surface area contributed by atoms with Crippen molar-refractivity contribution in [1.29, 1.82) is 0 Å². The highest BCUT2D eigenvalue weighted by Gasteiger charge is 2.47. The number of rotatable bonds is 31. The number of Topliss-reactive ketones (excluding diaryl/α,β-unsaturated/α-hetero) is 1. The second-order valence-electron chi connectivity index (χ2n) is 26.9. The van der Waals surface area contributed by atoms with Crippen molar-refractivity contribution in [3.63, 3.8) is 0 Å². The van der Waals surface area contributed by atoms with E-state index in [2.05, 4.69) is 16.0 Å². The number of aliphatic hydroxyl groups is 1. The van der Waals surface area contributed by atoms with E-state index in [1.54, 1.807) is 112 Å². The number of likely N-dealkylation sites (tertiary alicyclic amines) is 1. The van der Waals surface area contributed by atoms with Gasteiger partial charge in [0.25, 0.3) is 5.91 Å². The molecule has 24 nitrogen and oxygen atoms in total. The molecule has 1 saturated heterocycles. The number of ether oxygens (including phenoxy) is 3. The van der Waals surface area contributed by atoms with Crippen molar-refractivity contribution in [3.8, 4) is 5.75 Å². The van der Waals surface area contributed by atoms with Gasteiger partial charge in [0.1, 0.15) is 53.6 Å². The molecule has 1 aliphatic heterocycles. The third-order valence-electron chi connectivity index (χ3n) is 16.6. The van der Waals surface area contributed by atoms with Crippen molar-refractivity contribution in [2.45, 2.75) is 215 Å². The molecule has 2 aromatic rings. The molecule has 0 bridgehead atoms. The minimum absolute atomic E-state index is 0.0467. The number of nitrogens with one attached hydrogen (secondary N) is 3. The number of carbonyl (C=O) groups excluding carboxylic acids is 11. The zero-order valence-corrected chi connectivity index (χ0v) is 57.3. The third kappa shape index (κ3) is 21.8. The van der Waals surface area contributed by atoms with Crippen molar-refractivity contribution in [1.82, 2.24) is 40.4 Å².